The Morgan fingerprint density at radius 1 is 1.09 bits per heavy atom. The highest BCUT2D eigenvalue weighted by Gasteiger charge is 2.20. The van der Waals surface area contributed by atoms with Gasteiger partial charge in [0.25, 0.3) is 5.56 Å². The molecule has 182 valence electrons. The SMILES string of the molecule is COCCn1cnc2c1c(=O)n(CC(=O)NC(C)c1ccc(F)cc1)c(=O)n2Cc1ccccc1. The summed E-state index contributed by atoms with van der Waals surface area (Å²) < 4.78 is 22.3. The van der Waals surface area contributed by atoms with Crippen molar-refractivity contribution in [2.24, 2.45) is 0 Å². The van der Waals surface area contributed by atoms with Crippen LogP contribution >= 0.6 is 0 Å². The number of benzene rings is 2. The van der Waals surface area contributed by atoms with Crippen LogP contribution in [0.4, 0.5) is 4.39 Å². The Morgan fingerprint density at radius 2 is 1.80 bits per heavy atom. The van der Waals surface area contributed by atoms with Crippen molar-refractivity contribution in [3.63, 3.8) is 0 Å². The van der Waals surface area contributed by atoms with Gasteiger partial charge in [-0.3, -0.25) is 14.2 Å². The standard InChI is InChI=1S/C25H26FN5O4/c1-17(19-8-10-20(26)11-9-19)28-21(32)15-31-24(33)22-23(27-16-29(22)12-13-35-2)30(25(31)34)14-18-6-4-3-5-7-18/h3-11,16-17H,12-15H2,1-2H3,(H,28,32). The average molecular weight is 480 g/mol. The predicted octanol–water partition coefficient (Wildman–Crippen LogP) is 2.07. The lowest BCUT2D eigenvalue weighted by atomic mass is 10.1. The summed E-state index contributed by atoms with van der Waals surface area (Å²) in [6.45, 7) is 2.16. The summed E-state index contributed by atoms with van der Waals surface area (Å²) in [5, 5.41) is 2.77. The molecule has 35 heavy (non-hydrogen) atoms. The van der Waals surface area contributed by atoms with Gasteiger partial charge in [0.1, 0.15) is 12.4 Å². The van der Waals surface area contributed by atoms with E-state index in [0.29, 0.717) is 18.7 Å². The maximum atomic E-state index is 13.4. The van der Waals surface area contributed by atoms with Gasteiger partial charge in [0.15, 0.2) is 11.2 Å². The van der Waals surface area contributed by atoms with Gasteiger partial charge in [0, 0.05) is 13.7 Å². The highest BCUT2D eigenvalue weighted by molar-refractivity contribution is 5.77. The number of amides is 1. The molecule has 1 amide bonds. The molecule has 0 spiro atoms. The van der Waals surface area contributed by atoms with Crippen LogP contribution in [0.3, 0.4) is 0 Å². The van der Waals surface area contributed by atoms with Crippen molar-refractivity contribution in [1.29, 1.82) is 0 Å². The largest absolute Gasteiger partial charge is 0.383 e. The van der Waals surface area contributed by atoms with Gasteiger partial charge in [-0.15, -0.1) is 0 Å². The molecule has 0 aliphatic heterocycles. The van der Waals surface area contributed by atoms with Gasteiger partial charge in [-0.25, -0.2) is 18.7 Å². The average Bonchev–Trinajstić information content (AvgIpc) is 3.28. The topological polar surface area (TPSA) is 100 Å². The molecule has 0 saturated heterocycles. The Labute approximate surface area is 200 Å². The van der Waals surface area contributed by atoms with Crippen molar-refractivity contribution >= 4 is 17.1 Å². The van der Waals surface area contributed by atoms with Crippen LogP contribution in [-0.4, -0.2) is 38.3 Å². The van der Waals surface area contributed by atoms with E-state index in [1.165, 1.54) is 23.0 Å². The highest BCUT2D eigenvalue weighted by Crippen LogP contribution is 2.13. The molecule has 4 rings (SSSR count). The lowest BCUT2D eigenvalue weighted by molar-refractivity contribution is -0.122. The zero-order chi connectivity index (χ0) is 24.9. The molecular weight excluding hydrogens is 453 g/mol. The molecule has 0 radical (unpaired) electrons. The number of methoxy groups -OCH3 is 1. The van der Waals surface area contributed by atoms with Crippen LogP contribution in [0, 0.1) is 5.82 Å². The van der Waals surface area contributed by atoms with E-state index in [9.17, 15) is 18.8 Å². The Morgan fingerprint density at radius 3 is 2.49 bits per heavy atom. The first-order chi connectivity index (χ1) is 16.9. The van der Waals surface area contributed by atoms with Crippen LogP contribution < -0.4 is 16.6 Å². The summed E-state index contributed by atoms with van der Waals surface area (Å²) in [7, 11) is 1.55. The number of aromatic nitrogens is 4. The van der Waals surface area contributed by atoms with Gasteiger partial charge >= 0.3 is 5.69 Å². The zero-order valence-corrected chi connectivity index (χ0v) is 19.5. The van der Waals surface area contributed by atoms with Crippen molar-refractivity contribution in [1.82, 2.24) is 24.0 Å². The fourth-order valence-electron chi connectivity index (χ4n) is 3.91. The normalized spacial score (nSPS) is 12.1. The second kappa shape index (κ2) is 10.5. The van der Waals surface area contributed by atoms with Gasteiger partial charge in [0.2, 0.25) is 5.91 Å². The number of fused-ring (bicyclic) bond motifs is 1. The van der Waals surface area contributed by atoms with Gasteiger partial charge in [-0.1, -0.05) is 42.5 Å². The Bertz CT molecular complexity index is 1440. The molecule has 9 nitrogen and oxygen atoms in total. The molecular formula is C25H26FN5O4. The van der Waals surface area contributed by atoms with E-state index in [1.807, 2.05) is 30.3 Å². The van der Waals surface area contributed by atoms with Crippen LogP contribution in [-0.2, 0) is 29.2 Å². The number of hydrogen-bond acceptors (Lipinski definition) is 5. The van der Waals surface area contributed by atoms with Crippen molar-refractivity contribution in [3.05, 3.63) is 98.7 Å². The maximum absolute atomic E-state index is 13.4. The molecule has 2 heterocycles. The Hall–Kier alpha value is -4.05. The van der Waals surface area contributed by atoms with Crippen molar-refractivity contribution in [2.45, 2.75) is 32.6 Å². The number of nitrogens with zero attached hydrogens (tertiary/aromatic N) is 4. The number of carbonyl (C=O) groups excluding carboxylic acids is 1. The van der Waals surface area contributed by atoms with Gasteiger partial charge in [-0.2, -0.15) is 0 Å². The van der Waals surface area contributed by atoms with Crippen LogP contribution in [0.1, 0.15) is 24.1 Å². The summed E-state index contributed by atoms with van der Waals surface area (Å²) in [6.07, 6.45) is 1.49. The van der Waals surface area contributed by atoms with E-state index < -0.39 is 29.7 Å². The number of hydrogen-bond donors (Lipinski definition) is 1. The molecule has 1 unspecified atom stereocenters. The maximum Gasteiger partial charge on any atom is 0.333 e. The van der Waals surface area contributed by atoms with Crippen LogP contribution in [0.25, 0.3) is 11.2 Å². The summed E-state index contributed by atoms with van der Waals surface area (Å²) in [5.74, 6) is -0.897. The van der Waals surface area contributed by atoms with Gasteiger partial charge in [0.05, 0.1) is 25.5 Å². The van der Waals surface area contributed by atoms with Crippen molar-refractivity contribution < 1.29 is 13.9 Å². The first-order valence-electron chi connectivity index (χ1n) is 11.1. The molecule has 0 bridgehead atoms. The molecule has 0 aliphatic rings. The first-order valence-corrected chi connectivity index (χ1v) is 11.1. The first kappa shape index (κ1) is 24.1. The van der Waals surface area contributed by atoms with Crippen LogP contribution in [0.15, 0.2) is 70.5 Å². The highest BCUT2D eigenvalue weighted by atomic mass is 19.1. The molecule has 2 aromatic carbocycles. The Balaban J connectivity index is 1.71. The molecule has 0 saturated carbocycles. The van der Waals surface area contributed by atoms with Crippen molar-refractivity contribution in [2.75, 3.05) is 13.7 Å². The van der Waals surface area contributed by atoms with Crippen molar-refractivity contribution in [3.8, 4) is 0 Å². The summed E-state index contributed by atoms with van der Waals surface area (Å²) in [5.41, 5.74) is 0.775. The number of ether oxygens (including phenoxy) is 1. The molecule has 2 aromatic heterocycles. The number of imidazole rings is 1. The minimum Gasteiger partial charge on any atom is -0.383 e. The van der Waals surface area contributed by atoms with E-state index >= 15 is 0 Å². The zero-order valence-electron chi connectivity index (χ0n) is 19.5. The minimum atomic E-state index is -0.632. The van der Waals surface area contributed by atoms with Gasteiger partial charge < -0.3 is 14.6 Å². The third-order valence-corrected chi connectivity index (χ3v) is 5.75. The molecule has 4 aromatic rings. The number of carbonyl (C=O) groups is 1. The predicted molar refractivity (Wildman–Crippen MR) is 129 cm³/mol. The number of nitrogens with one attached hydrogen (secondary N) is 1. The fourth-order valence-corrected chi connectivity index (χ4v) is 3.91. The molecule has 1 atom stereocenters. The molecule has 10 heteroatoms. The lowest BCUT2D eigenvalue weighted by Crippen LogP contribution is -2.44. The molecule has 1 N–H and O–H groups in total. The Kier molecular flexibility index (Phi) is 7.21. The van der Waals surface area contributed by atoms with Crippen LogP contribution in [0.2, 0.25) is 0 Å². The minimum absolute atomic E-state index is 0.186. The third-order valence-electron chi connectivity index (χ3n) is 5.75. The third kappa shape index (κ3) is 5.22. The lowest BCUT2D eigenvalue weighted by Gasteiger charge is -2.16. The molecule has 0 fully saturated rings. The monoisotopic (exact) mass is 479 g/mol. The van der Waals surface area contributed by atoms with E-state index in [1.54, 1.807) is 30.7 Å². The van der Waals surface area contributed by atoms with Crippen LogP contribution in [0.5, 0.6) is 0 Å². The fraction of sp³-hybridized carbons (Fsp3) is 0.280. The van der Waals surface area contributed by atoms with E-state index in [-0.39, 0.29) is 23.5 Å². The number of halogens is 1. The second-order valence-electron chi connectivity index (χ2n) is 8.19. The summed E-state index contributed by atoms with van der Waals surface area (Å²) in [6, 6.07) is 14.6. The van der Waals surface area contributed by atoms with E-state index in [0.717, 1.165) is 10.1 Å². The quantitative estimate of drug-likeness (QED) is 0.396. The van der Waals surface area contributed by atoms with E-state index in [2.05, 4.69) is 10.3 Å². The number of rotatable bonds is 9. The molecule has 0 aliphatic carbocycles. The van der Waals surface area contributed by atoms with E-state index in [4.69, 9.17) is 4.74 Å². The second-order valence-corrected chi connectivity index (χ2v) is 8.19. The van der Waals surface area contributed by atoms with Gasteiger partial charge in [-0.05, 0) is 30.2 Å². The summed E-state index contributed by atoms with van der Waals surface area (Å²) in [4.78, 5) is 43.9. The smallest absolute Gasteiger partial charge is 0.333 e. The summed E-state index contributed by atoms with van der Waals surface area (Å²) >= 11 is 0.